The van der Waals surface area contributed by atoms with Crippen LogP contribution in [0.1, 0.15) is 17.9 Å². The van der Waals surface area contributed by atoms with Gasteiger partial charge in [-0.1, -0.05) is 30.3 Å². The number of hydrogen-bond acceptors (Lipinski definition) is 5. The van der Waals surface area contributed by atoms with E-state index in [0.29, 0.717) is 32.1 Å². The van der Waals surface area contributed by atoms with Gasteiger partial charge in [0.2, 0.25) is 11.5 Å². The van der Waals surface area contributed by atoms with Crippen LogP contribution >= 0.6 is 0 Å². The number of anilines is 1. The second-order valence-electron chi connectivity index (χ2n) is 8.21. The summed E-state index contributed by atoms with van der Waals surface area (Å²) in [5, 5.41) is 3.42. The van der Waals surface area contributed by atoms with Crippen molar-refractivity contribution in [2.24, 2.45) is 0 Å². The van der Waals surface area contributed by atoms with Gasteiger partial charge in [-0.2, -0.15) is 0 Å². The highest BCUT2D eigenvalue weighted by atomic mass is 16.3. The molecule has 0 bridgehead atoms. The zero-order valence-corrected chi connectivity index (χ0v) is 17.3. The Morgan fingerprint density at radius 2 is 1.81 bits per heavy atom. The third kappa shape index (κ3) is 4.01. The molecule has 0 saturated carbocycles. The quantitative estimate of drug-likeness (QED) is 0.680. The predicted molar refractivity (Wildman–Crippen MR) is 119 cm³/mol. The third-order valence-corrected chi connectivity index (χ3v) is 6.34. The van der Waals surface area contributed by atoms with Crippen molar-refractivity contribution in [3.63, 3.8) is 0 Å². The van der Waals surface area contributed by atoms with Crippen LogP contribution in [0.4, 0.5) is 5.82 Å². The zero-order valence-electron chi connectivity index (χ0n) is 17.3. The number of rotatable bonds is 4. The topological polar surface area (TPSA) is 81.6 Å². The maximum Gasteiger partial charge on any atom is 0.249 e. The van der Waals surface area contributed by atoms with Crippen molar-refractivity contribution in [3.8, 4) is 11.1 Å². The molecule has 2 N–H and O–H groups in total. The van der Waals surface area contributed by atoms with Crippen LogP contribution in [0.5, 0.6) is 0 Å². The third-order valence-electron chi connectivity index (χ3n) is 6.34. The molecule has 2 saturated heterocycles. The smallest absolute Gasteiger partial charge is 0.249 e. The van der Waals surface area contributed by atoms with Crippen molar-refractivity contribution in [3.05, 3.63) is 77.0 Å². The van der Waals surface area contributed by atoms with Gasteiger partial charge in [-0.15, -0.1) is 0 Å². The molecule has 2 aliphatic heterocycles. The summed E-state index contributed by atoms with van der Waals surface area (Å²) < 4.78 is 5.22. The molecule has 5 rings (SSSR count). The molecule has 3 aromatic rings. The molecule has 0 aliphatic carbocycles. The van der Waals surface area contributed by atoms with Crippen molar-refractivity contribution < 1.29 is 9.21 Å². The Hall–Kier alpha value is -3.32. The lowest BCUT2D eigenvalue weighted by Gasteiger charge is -2.37. The summed E-state index contributed by atoms with van der Waals surface area (Å²) in [6.45, 7) is 3.44. The fourth-order valence-electron chi connectivity index (χ4n) is 4.64. The van der Waals surface area contributed by atoms with Crippen LogP contribution < -0.4 is 15.8 Å². The van der Waals surface area contributed by atoms with Crippen molar-refractivity contribution >= 4 is 11.7 Å². The fourth-order valence-corrected chi connectivity index (χ4v) is 4.64. The fraction of sp³-hybridized carbons (Fsp3) is 0.333. The van der Waals surface area contributed by atoms with Gasteiger partial charge >= 0.3 is 0 Å². The monoisotopic (exact) mass is 418 g/mol. The molecule has 0 unspecified atom stereocenters. The van der Waals surface area contributed by atoms with Crippen molar-refractivity contribution in [2.75, 3.05) is 37.6 Å². The molecular formula is C24H26N4O3. The van der Waals surface area contributed by atoms with Gasteiger partial charge in [-0.05, 0) is 30.0 Å². The summed E-state index contributed by atoms with van der Waals surface area (Å²) in [5.41, 5.74) is 3.00. The summed E-state index contributed by atoms with van der Waals surface area (Å²) in [6.07, 6.45) is 4.13. The van der Waals surface area contributed by atoms with Crippen LogP contribution in [0.25, 0.3) is 11.1 Å². The van der Waals surface area contributed by atoms with Gasteiger partial charge in [0.15, 0.2) is 0 Å². The number of nitrogens with zero attached hydrogens (tertiary/aromatic N) is 2. The second kappa shape index (κ2) is 8.43. The number of aromatic amines is 1. The molecule has 160 valence electrons. The number of aromatic nitrogens is 1. The first-order valence-corrected chi connectivity index (χ1v) is 10.8. The van der Waals surface area contributed by atoms with E-state index in [9.17, 15) is 9.59 Å². The molecule has 2 atom stereocenters. The lowest BCUT2D eigenvalue weighted by atomic mass is 9.96. The van der Waals surface area contributed by atoms with E-state index in [4.69, 9.17) is 4.42 Å². The Morgan fingerprint density at radius 3 is 2.55 bits per heavy atom. The Bertz CT molecular complexity index is 1090. The van der Waals surface area contributed by atoms with Crippen LogP contribution in [-0.4, -0.2) is 54.6 Å². The van der Waals surface area contributed by atoms with Crippen LogP contribution in [0.3, 0.4) is 0 Å². The van der Waals surface area contributed by atoms with E-state index in [1.165, 1.54) is 11.6 Å². The van der Waals surface area contributed by atoms with Crippen LogP contribution in [0.15, 0.2) is 70.3 Å². The van der Waals surface area contributed by atoms with E-state index in [-0.39, 0.29) is 17.5 Å². The van der Waals surface area contributed by atoms with Gasteiger partial charge in [-0.3, -0.25) is 9.59 Å². The summed E-state index contributed by atoms with van der Waals surface area (Å²) >= 11 is 0. The lowest BCUT2D eigenvalue weighted by Crippen LogP contribution is -2.53. The summed E-state index contributed by atoms with van der Waals surface area (Å²) in [4.78, 5) is 32.1. The van der Waals surface area contributed by atoms with Crippen LogP contribution in [0, 0.1) is 0 Å². The first-order chi connectivity index (χ1) is 15.2. The van der Waals surface area contributed by atoms with Gasteiger partial charge in [0.1, 0.15) is 5.82 Å². The normalized spacial score (nSPS) is 21.4. The highest BCUT2D eigenvalue weighted by molar-refractivity contribution is 5.83. The predicted octanol–water partition coefficient (Wildman–Crippen LogP) is 2.43. The number of hydrogen-bond donors (Lipinski definition) is 2. The van der Waals surface area contributed by atoms with Gasteiger partial charge in [0, 0.05) is 49.9 Å². The number of nitrogens with one attached hydrogen (secondary N) is 2. The Morgan fingerprint density at radius 1 is 1.00 bits per heavy atom. The van der Waals surface area contributed by atoms with Crippen LogP contribution in [0.2, 0.25) is 0 Å². The van der Waals surface area contributed by atoms with Crippen LogP contribution in [-0.2, 0) is 4.79 Å². The lowest BCUT2D eigenvalue weighted by molar-refractivity contribution is -0.133. The SMILES string of the molecule is O=C([C@H]1C[C@@H](c2ccccc2)CN1)N1CCN(c2[nH]c(=O)ccc2-c2ccoc2)CC1. The van der Waals surface area contributed by atoms with Gasteiger partial charge in [0.25, 0.3) is 0 Å². The average Bonchev–Trinajstić information content (AvgIpc) is 3.52. The summed E-state index contributed by atoms with van der Waals surface area (Å²) in [5.74, 6) is 1.34. The molecule has 1 aromatic carbocycles. The van der Waals surface area contributed by atoms with E-state index in [0.717, 1.165) is 29.9 Å². The minimum atomic E-state index is -0.136. The average molecular weight is 418 g/mol. The molecule has 7 heteroatoms. The minimum Gasteiger partial charge on any atom is -0.472 e. The number of amides is 1. The zero-order chi connectivity index (χ0) is 21.2. The Kier molecular flexibility index (Phi) is 5.34. The van der Waals surface area contributed by atoms with Crippen molar-refractivity contribution in [2.45, 2.75) is 18.4 Å². The highest BCUT2D eigenvalue weighted by Gasteiger charge is 2.34. The second-order valence-corrected chi connectivity index (χ2v) is 8.21. The highest BCUT2D eigenvalue weighted by Crippen LogP contribution is 2.30. The first kappa shape index (κ1) is 19.6. The molecule has 0 spiro atoms. The molecule has 7 nitrogen and oxygen atoms in total. The van der Waals surface area contributed by atoms with E-state index < -0.39 is 0 Å². The Balaban J connectivity index is 1.24. The standard InChI is InChI=1S/C24H26N4O3/c29-22-7-6-20(18-8-13-31-16-18)23(26-22)27-9-11-28(12-10-27)24(30)21-14-19(15-25-21)17-4-2-1-3-5-17/h1-8,13,16,19,21,25H,9-12,14-15H2,(H,26,29)/t19-,21-/m1/s1. The number of pyridine rings is 1. The maximum absolute atomic E-state index is 13.1. The number of H-pyrrole nitrogens is 1. The largest absolute Gasteiger partial charge is 0.472 e. The molecular weight excluding hydrogens is 392 g/mol. The molecule has 2 aliphatic rings. The van der Waals surface area contributed by atoms with Crippen molar-refractivity contribution in [1.29, 1.82) is 0 Å². The molecule has 2 fully saturated rings. The van der Waals surface area contributed by atoms with Gasteiger partial charge < -0.3 is 24.5 Å². The molecule has 0 radical (unpaired) electrons. The summed E-state index contributed by atoms with van der Waals surface area (Å²) in [6, 6.07) is 15.5. The van der Waals surface area contributed by atoms with Gasteiger partial charge in [0.05, 0.1) is 18.6 Å². The van der Waals surface area contributed by atoms with E-state index >= 15 is 0 Å². The Labute approximate surface area is 180 Å². The number of benzene rings is 1. The summed E-state index contributed by atoms with van der Waals surface area (Å²) in [7, 11) is 0. The molecule has 1 amide bonds. The molecule has 31 heavy (non-hydrogen) atoms. The number of carbonyl (C=O) groups is 1. The van der Waals surface area contributed by atoms with E-state index in [2.05, 4.69) is 39.5 Å². The number of carbonyl (C=O) groups excluding carboxylic acids is 1. The molecule has 2 aromatic heterocycles. The van der Waals surface area contributed by atoms with E-state index in [1.54, 1.807) is 12.5 Å². The first-order valence-electron chi connectivity index (χ1n) is 10.8. The number of piperazine rings is 1. The van der Waals surface area contributed by atoms with E-state index in [1.807, 2.05) is 23.1 Å². The minimum absolute atomic E-state index is 0.130. The maximum atomic E-state index is 13.1. The number of furan rings is 1. The van der Waals surface area contributed by atoms with Gasteiger partial charge in [-0.25, -0.2) is 0 Å². The molecule has 4 heterocycles. The van der Waals surface area contributed by atoms with Crippen molar-refractivity contribution in [1.82, 2.24) is 15.2 Å².